The van der Waals surface area contributed by atoms with Gasteiger partial charge in [0.05, 0.1) is 0 Å². The third-order valence-corrected chi connectivity index (χ3v) is 5.09. The predicted molar refractivity (Wildman–Crippen MR) is 85.8 cm³/mol. The van der Waals surface area contributed by atoms with Crippen LogP contribution in [0.2, 0.25) is 0 Å². The van der Waals surface area contributed by atoms with Gasteiger partial charge in [0.1, 0.15) is 0 Å². The minimum atomic E-state index is 0. The lowest BCUT2D eigenvalue weighted by Gasteiger charge is -2.55. The van der Waals surface area contributed by atoms with Crippen molar-refractivity contribution >= 4 is 30.7 Å². The lowest BCUT2D eigenvalue weighted by atomic mass is 9.73. The highest BCUT2D eigenvalue weighted by molar-refractivity contribution is 5.85. The fraction of sp³-hybridized carbons (Fsp3) is 0.929. The largest absolute Gasteiger partial charge is 0.355 e. The van der Waals surface area contributed by atoms with E-state index in [9.17, 15) is 4.79 Å². The molecule has 0 aromatic carbocycles. The molecule has 4 atom stereocenters. The Bertz CT molecular complexity index is 330. The zero-order valence-corrected chi connectivity index (χ0v) is 13.8. The van der Waals surface area contributed by atoms with Crippen LogP contribution in [-0.2, 0) is 4.79 Å². The van der Waals surface area contributed by atoms with Crippen LogP contribution in [0, 0.1) is 11.8 Å². The number of hydrogen-bond acceptors (Lipinski definition) is 3. The number of halogens is 2. The summed E-state index contributed by atoms with van der Waals surface area (Å²) in [6, 6.07) is 1.32. The summed E-state index contributed by atoms with van der Waals surface area (Å²) < 4.78 is 0. The molecular formula is C14H27Cl2N3O. The predicted octanol–water partition coefficient (Wildman–Crippen LogP) is 1.43. The van der Waals surface area contributed by atoms with E-state index < -0.39 is 0 Å². The van der Waals surface area contributed by atoms with E-state index in [4.69, 9.17) is 0 Å². The smallest absolute Gasteiger partial charge is 0.216 e. The van der Waals surface area contributed by atoms with Gasteiger partial charge in [-0.1, -0.05) is 6.42 Å². The third kappa shape index (κ3) is 3.59. The number of carbonyl (C=O) groups is 1. The van der Waals surface area contributed by atoms with Crippen molar-refractivity contribution in [3.05, 3.63) is 0 Å². The first kappa shape index (κ1) is 18.0. The second-order valence-electron chi connectivity index (χ2n) is 6.22. The number of rotatable bonds is 2. The van der Waals surface area contributed by atoms with Gasteiger partial charge in [0.25, 0.3) is 0 Å². The van der Waals surface area contributed by atoms with Crippen molar-refractivity contribution in [2.45, 2.75) is 44.7 Å². The number of nitrogens with one attached hydrogen (secondary N) is 2. The minimum Gasteiger partial charge on any atom is -0.355 e. The van der Waals surface area contributed by atoms with Gasteiger partial charge in [0.2, 0.25) is 5.91 Å². The Kier molecular flexibility index (Phi) is 7.06. The number of hydrogen-bond donors (Lipinski definition) is 2. The monoisotopic (exact) mass is 323 g/mol. The van der Waals surface area contributed by atoms with Crippen molar-refractivity contribution in [1.29, 1.82) is 0 Å². The number of piperidine rings is 3. The summed E-state index contributed by atoms with van der Waals surface area (Å²) in [6.45, 7) is 6.03. The van der Waals surface area contributed by atoms with Gasteiger partial charge in [-0.15, -0.1) is 24.8 Å². The Labute approximate surface area is 134 Å². The van der Waals surface area contributed by atoms with E-state index in [0.29, 0.717) is 6.04 Å². The maximum atomic E-state index is 11.2. The summed E-state index contributed by atoms with van der Waals surface area (Å²) in [5.74, 6) is 1.68. The van der Waals surface area contributed by atoms with Crippen LogP contribution < -0.4 is 10.6 Å². The zero-order valence-electron chi connectivity index (χ0n) is 12.1. The molecule has 20 heavy (non-hydrogen) atoms. The Morgan fingerprint density at radius 1 is 1.25 bits per heavy atom. The molecule has 3 aliphatic heterocycles. The zero-order chi connectivity index (χ0) is 12.5. The fourth-order valence-corrected chi connectivity index (χ4v) is 4.30. The summed E-state index contributed by atoms with van der Waals surface area (Å²) in [5.41, 5.74) is 0. The molecule has 3 heterocycles. The first-order valence-corrected chi connectivity index (χ1v) is 7.46. The average Bonchev–Trinajstić information content (AvgIpc) is 2.39. The van der Waals surface area contributed by atoms with Crippen LogP contribution in [0.4, 0.5) is 0 Å². The second-order valence-corrected chi connectivity index (χ2v) is 6.22. The van der Waals surface area contributed by atoms with Crippen LogP contribution in [0.15, 0.2) is 0 Å². The van der Waals surface area contributed by atoms with E-state index in [-0.39, 0.29) is 30.7 Å². The van der Waals surface area contributed by atoms with E-state index in [0.717, 1.165) is 31.0 Å². The van der Waals surface area contributed by atoms with Gasteiger partial charge >= 0.3 is 0 Å². The molecule has 3 fully saturated rings. The minimum absolute atomic E-state index is 0. The average molecular weight is 324 g/mol. The number of carbonyl (C=O) groups excluding carboxylic acids is 1. The van der Waals surface area contributed by atoms with Crippen molar-refractivity contribution in [1.82, 2.24) is 15.5 Å². The number of nitrogens with zero attached hydrogens (tertiary/aromatic N) is 1. The van der Waals surface area contributed by atoms with Gasteiger partial charge < -0.3 is 10.6 Å². The van der Waals surface area contributed by atoms with Gasteiger partial charge in [-0.2, -0.15) is 0 Å². The Hall–Kier alpha value is -0.0300. The topological polar surface area (TPSA) is 44.4 Å². The molecule has 0 aliphatic carbocycles. The lowest BCUT2D eigenvalue weighted by molar-refractivity contribution is -0.120. The molecule has 0 aromatic heterocycles. The van der Waals surface area contributed by atoms with Crippen LogP contribution in [0.3, 0.4) is 0 Å². The summed E-state index contributed by atoms with van der Waals surface area (Å²) >= 11 is 0. The molecule has 3 rings (SSSR count). The van der Waals surface area contributed by atoms with Gasteiger partial charge in [-0.05, 0) is 50.7 Å². The molecule has 3 saturated heterocycles. The molecule has 0 radical (unpaired) electrons. The summed E-state index contributed by atoms with van der Waals surface area (Å²) in [4.78, 5) is 13.9. The van der Waals surface area contributed by atoms with Crippen molar-refractivity contribution in [3.8, 4) is 0 Å². The standard InChI is InChI=1S/C14H25N3O.2ClH/c1-10(18)16-9-14-12-6-11(7-15-8-12)13-4-2-3-5-17(13)14;;/h11-15H,2-9H2,1H3,(H,16,18);2*1H/t11-,12+,13+,14+;;/m1../s1. The third-order valence-electron chi connectivity index (χ3n) is 5.09. The quantitative estimate of drug-likeness (QED) is 0.808. The van der Waals surface area contributed by atoms with Crippen LogP contribution in [0.25, 0.3) is 0 Å². The van der Waals surface area contributed by atoms with Crippen LogP contribution in [-0.4, -0.2) is 49.1 Å². The molecule has 2 bridgehead atoms. The van der Waals surface area contributed by atoms with Crippen LogP contribution in [0.5, 0.6) is 0 Å². The van der Waals surface area contributed by atoms with Crippen LogP contribution >= 0.6 is 24.8 Å². The fourth-order valence-electron chi connectivity index (χ4n) is 4.30. The van der Waals surface area contributed by atoms with Crippen molar-refractivity contribution < 1.29 is 4.79 Å². The van der Waals surface area contributed by atoms with Gasteiger partial charge in [-0.3, -0.25) is 9.69 Å². The summed E-state index contributed by atoms with van der Waals surface area (Å²) in [5, 5.41) is 6.64. The van der Waals surface area contributed by atoms with Gasteiger partial charge in [-0.25, -0.2) is 0 Å². The van der Waals surface area contributed by atoms with E-state index in [2.05, 4.69) is 15.5 Å². The lowest BCUT2D eigenvalue weighted by Crippen LogP contribution is -2.65. The number of amides is 1. The molecule has 2 N–H and O–H groups in total. The highest BCUT2D eigenvalue weighted by Crippen LogP contribution is 2.38. The highest BCUT2D eigenvalue weighted by atomic mass is 35.5. The maximum absolute atomic E-state index is 11.2. The summed E-state index contributed by atoms with van der Waals surface area (Å²) in [6.07, 6.45) is 5.43. The van der Waals surface area contributed by atoms with E-state index in [1.807, 2.05) is 0 Å². The van der Waals surface area contributed by atoms with Crippen molar-refractivity contribution in [3.63, 3.8) is 0 Å². The normalized spacial score (nSPS) is 36.0. The second kappa shape index (κ2) is 7.83. The molecule has 118 valence electrons. The van der Waals surface area contributed by atoms with Gasteiger partial charge in [0.15, 0.2) is 0 Å². The Morgan fingerprint density at radius 3 is 2.75 bits per heavy atom. The highest BCUT2D eigenvalue weighted by Gasteiger charge is 2.44. The first-order valence-electron chi connectivity index (χ1n) is 7.46. The Morgan fingerprint density at radius 2 is 2.00 bits per heavy atom. The van der Waals surface area contributed by atoms with E-state index in [1.54, 1.807) is 6.92 Å². The molecule has 4 nitrogen and oxygen atoms in total. The molecule has 3 aliphatic rings. The molecular weight excluding hydrogens is 297 g/mol. The van der Waals surface area contributed by atoms with Crippen molar-refractivity contribution in [2.24, 2.45) is 11.8 Å². The molecule has 1 amide bonds. The molecule has 0 unspecified atom stereocenters. The SMILES string of the molecule is CC(=O)NC[C@H]1[C@@H]2CNC[C@@H](C2)[C@@H]2CCCCN21.Cl.Cl. The molecule has 0 aromatic rings. The van der Waals surface area contributed by atoms with E-state index >= 15 is 0 Å². The molecule has 0 spiro atoms. The summed E-state index contributed by atoms with van der Waals surface area (Å²) in [7, 11) is 0. The Balaban J connectivity index is 0.000001000. The van der Waals surface area contributed by atoms with Crippen LogP contribution in [0.1, 0.15) is 32.6 Å². The van der Waals surface area contributed by atoms with Gasteiger partial charge in [0, 0.05) is 25.6 Å². The number of fused-ring (bicyclic) bond motifs is 4. The first-order chi connectivity index (χ1) is 8.75. The molecule has 0 saturated carbocycles. The maximum Gasteiger partial charge on any atom is 0.216 e. The molecule has 6 heteroatoms. The van der Waals surface area contributed by atoms with Crippen molar-refractivity contribution in [2.75, 3.05) is 26.2 Å². The van der Waals surface area contributed by atoms with E-state index in [1.165, 1.54) is 38.8 Å².